The van der Waals surface area contributed by atoms with Gasteiger partial charge in [0.15, 0.2) is 0 Å². The van der Waals surface area contributed by atoms with Gasteiger partial charge in [0, 0.05) is 6.04 Å². The standard InChI is InChI=1S/C10H13NO/c1-2-3-10(11)8-4-6-9(12)7-5-8/h2,4-7,10,12H,1,3,11H2. The van der Waals surface area contributed by atoms with Gasteiger partial charge in [-0.1, -0.05) is 18.2 Å². The van der Waals surface area contributed by atoms with Gasteiger partial charge in [0.25, 0.3) is 0 Å². The van der Waals surface area contributed by atoms with Crippen LogP contribution in [0.15, 0.2) is 36.9 Å². The molecule has 2 nitrogen and oxygen atoms in total. The number of nitrogens with two attached hydrogens (primary N) is 1. The first-order valence-corrected chi connectivity index (χ1v) is 3.89. The molecule has 1 unspecified atom stereocenters. The first kappa shape index (κ1) is 8.81. The maximum atomic E-state index is 9.01. The molecule has 0 saturated carbocycles. The minimum Gasteiger partial charge on any atom is -0.508 e. The quantitative estimate of drug-likeness (QED) is 0.669. The summed E-state index contributed by atoms with van der Waals surface area (Å²) in [7, 11) is 0. The maximum absolute atomic E-state index is 9.01. The monoisotopic (exact) mass is 163 g/mol. The lowest BCUT2D eigenvalue weighted by molar-refractivity contribution is 0.475. The number of benzene rings is 1. The Balaban J connectivity index is 2.74. The molecule has 1 rings (SSSR count). The zero-order valence-electron chi connectivity index (χ0n) is 6.90. The zero-order chi connectivity index (χ0) is 8.97. The summed E-state index contributed by atoms with van der Waals surface area (Å²) in [5.41, 5.74) is 6.82. The Morgan fingerprint density at radius 2 is 2.00 bits per heavy atom. The second-order valence-corrected chi connectivity index (χ2v) is 2.72. The fraction of sp³-hybridized carbons (Fsp3) is 0.200. The van der Waals surface area contributed by atoms with Gasteiger partial charge in [-0.2, -0.15) is 0 Å². The van der Waals surface area contributed by atoms with Crippen LogP contribution in [0.2, 0.25) is 0 Å². The number of hydrogen-bond acceptors (Lipinski definition) is 2. The van der Waals surface area contributed by atoms with Crippen LogP contribution in [0.4, 0.5) is 0 Å². The summed E-state index contributed by atoms with van der Waals surface area (Å²) in [5, 5.41) is 9.01. The largest absolute Gasteiger partial charge is 0.508 e. The van der Waals surface area contributed by atoms with Gasteiger partial charge in [-0.25, -0.2) is 0 Å². The van der Waals surface area contributed by atoms with Gasteiger partial charge < -0.3 is 10.8 Å². The summed E-state index contributed by atoms with van der Waals surface area (Å²) in [6, 6.07) is 6.91. The minimum absolute atomic E-state index is 0.0110. The summed E-state index contributed by atoms with van der Waals surface area (Å²) in [6.45, 7) is 3.61. The lowest BCUT2D eigenvalue weighted by Gasteiger charge is -2.08. The van der Waals surface area contributed by atoms with Crippen molar-refractivity contribution >= 4 is 0 Å². The molecule has 0 aliphatic heterocycles. The first-order valence-electron chi connectivity index (χ1n) is 3.89. The van der Waals surface area contributed by atoms with Crippen LogP contribution >= 0.6 is 0 Å². The van der Waals surface area contributed by atoms with Crippen molar-refractivity contribution in [3.05, 3.63) is 42.5 Å². The highest BCUT2D eigenvalue weighted by molar-refractivity contribution is 5.27. The van der Waals surface area contributed by atoms with Crippen LogP contribution in [-0.2, 0) is 0 Å². The van der Waals surface area contributed by atoms with Crippen LogP contribution < -0.4 is 5.73 Å². The number of phenolic OH excluding ortho intramolecular Hbond substituents is 1. The van der Waals surface area contributed by atoms with E-state index in [1.165, 1.54) is 0 Å². The van der Waals surface area contributed by atoms with Crippen molar-refractivity contribution in [3.63, 3.8) is 0 Å². The van der Waals surface area contributed by atoms with Gasteiger partial charge in [-0.3, -0.25) is 0 Å². The number of aromatic hydroxyl groups is 1. The van der Waals surface area contributed by atoms with Crippen LogP contribution in [0.25, 0.3) is 0 Å². The van der Waals surface area contributed by atoms with E-state index in [4.69, 9.17) is 10.8 Å². The molecular formula is C10H13NO. The van der Waals surface area contributed by atoms with Gasteiger partial charge in [-0.05, 0) is 24.1 Å². The Bertz CT molecular complexity index is 253. The van der Waals surface area contributed by atoms with Crippen LogP contribution in [0, 0.1) is 0 Å². The molecule has 1 aromatic rings. The summed E-state index contributed by atoms with van der Waals surface area (Å²) in [6.07, 6.45) is 2.54. The second-order valence-electron chi connectivity index (χ2n) is 2.72. The van der Waals surface area contributed by atoms with E-state index in [9.17, 15) is 0 Å². The van der Waals surface area contributed by atoms with Crippen molar-refractivity contribution in [1.82, 2.24) is 0 Å². The summed E-state index contributed by atoms with van der Waals surface area (Å²) >= 11 is 0. The molecule has 2 heteroatoms. The fourth-order valence-electron chi connectivity index (χ4n) is 1.04. The van der Waals surface area contributed by atoms with Crippen LogP contribution in [0.1, 0.15) is 18.0 Å². The summed E-state index contributed by atoms with van der Waals surface area (Å²) in [5.74, 6) is 0.268. The molecule has 0 bridgehead atoms. The van der Waals surface area contributed by atoms with Crippen LogP contribution in [0.3, 0.4) is 0 Å². The van der Waals surface area contributed by atoms with Crippen molar-refractivity contribution in [3.8, 4) is 5.75 Å². The molecule has 0 saturated heterocycles. The fourth-order valence-corrected chi connectivity index (χ4v) is 1.04. The highest BCUT2D eigenvalue weighted by Crippen LogP contribution is 2.17. The predicted molar refractivity (Wildman–Crippen MR) is 49.8 cm³/mol. The SMILES string of the molecule is C=CCC(N)c1ccc(O)cc1. The summed E-state index contributed by atoms with van der Waals surface area (Å²) in [4.78, 5) is 0. The molecule has 0 radical (unpaired) electrons. The van der Waals surface area contributed by atoms with Crippen molar-refractivity contribution in [2.75, 3.05) is 0 Å². The third-order valence-electron chi connectivity index (χ3n) is 1.74. The number of phenols is 1. The highest BCUT2D eigenvalue weighted by Gasteiger charge is 2.02. The molecular weight excluding hydrogens is 150 g/mol. The predicted octanol–water partition coefficient (Wildman–Crippen LogP) is 1.97. The number of rotatable bonds is 3. The normalized spacial score (nSPS) is 12.4. The molecule has 64 valence electrons. The zero-order valence-corrected chi connectivity index (χ0v) is 6.90. The van der Waals surface area contributed by atoms with Gasteiger partial charge >= 0.3 is 0 Å². The number of hydrogen-bond donors (Lipinski definition) is 2. The molecule has 12 heavy (non-hydrogen) atoms. The molecule has 0 aliphatic rings. The Hall–Kier alpha value is -1.28. The van der Waals surface area contributed by atoms with Crippen molar-refractivity contribution < 1.29 is 5.11 Å². The molecule has 3 N–H and O–H groups in total. The van der Waals surface area contributed by atoms with Crippen molar-refractivity contribution in [2.45, 2.75) is 12.5 Å². The average Bonchev–Trinajstić information content (AvgIpc) is 2.06. The average molecular weight is 163 g/mol. The van der Waals surface area contributed by atoms with Crippen molar-refractivity contribution in [2.24, 2.45) is 5.73 Å². The Morgan fingerprint density at radius 1 is 1.42 bits per heavy atom. The van der Waals surface area contributed by atoms with Gasteiger partial charge in [0.2, 0.25) is 0 Å². The molecule has 0 aliphatic carbocycles. The van der Waals surface area contributed by atoms with Gasteiger partial charge in [0.1, 0.15) is 5.75 Å². The molecule has 0 aromatic heterocycles. The smallest absolute Gasteiger partial charge is 0.115 e. The Labute approximate surface area is 72.3 Å². The van der Waals surface area contributed by atoms with Gasteiger partial charge in [0.05, 0.1) is 0 Å². The molecule has 0 amide bonds. The maximum Gasteiger partial charge on any atom is 0.115 e. The van der Waals surface area contributed by atoms with E-state index in [0.717, 1.165) is 12.0 Å². The molecule has 0 heterocycles. The van der Waals surface area contributed by atoms with Crippen LogP contribution in [-0.4, -0.2) is 5.11 Å². The van der Waals surface area contributed by atoms with E-state index >= 15 is 0 Å². The van der Waals surface area contributed by atoms with Crippen LogP contribution in [0.5, 0.6) is 5.75 Å². The lowest BCUT2D eigenvalue weighted by atomic mass is 10.1. The minimum atomic E-state index is -0.0110. The van der Waals surface area contributed by atoms with E-state index in [-0.39, 0.29) is 11.8 Å². The Kier molecular flexibility index (Phi) is 2.88. The topological polar surface area (TPSA) is 46.2 Å². The molecule has 1 atom stereocenters. The molecule has 0 spiro atoms. The van der Waals surface area contributed by atoms with E-state index in [2.05, 4.69) is 6.58 Å². The Morgan fingerprint density at radius 3 is 2.50 bits per heavy atom. The van der Waals surface area contributed by atoms with Crippen molar-refractivity contribution in [1.29, 1.82) is 0 Å². The molecule has 0 fully saturated rings. The first-order chi connectivity index (χ1) is 5.74. The molecule has 1 aromatic carbocycles. The second kappa shape index (κ2) is 3.93. The summed E-state index contributed by atoms with van der Waals surface area (Å²) < 4.78 is 0. The van der Waals surface area contributed by atoms with E-state index in [0.29, 0.717) is 0 Å². The third-order valence-corrected chi connectivity index (χ3v) is 1.74. The highest BCUT2D eigenvalue weighted by atomic mass is 16.3. The van der Waals surface area contributed by atoms with Gasteiger partial charge in [-0.15, -0.1) is 6.58 Å². The van der Waals surface area contributed by atoms with E-state index < -0.39 is 0 Å². The third kappa shape index (κ3) is 2.10. The van der Waals surface area contributed by atoms with E-state index in [1.54, 1.807) is 18.2 Å². The lowest BCUT2D eigenvalue weighted by Crippen LogP contribution is -2.08. The van der Waals surface area contributed by atoms with E-state index in [1.807, 2.05) is 12.1 Å².